The number of methoxy groups -OCH3 is 2. The van der Waals surface area contributed by atoms with Crippen LogP contribution in [0.2, 0.25) is 0 Å². The minimum absolute atomic E-state index is 0.0584. The van der Waals surface area contributed by atoms with Crippen LogP contribution >= 0.6 is 0 Å². The Labute approximate surface area is 225 Å². The SMILES string of the molecule is C=C[C@H](COC(C)=O)C[C@]1(O)C(C2=CC(=O)COC2OC(C)=O)=CC[C@]2(C)[C@@H]([C@H](C)C(OC)OC)CC[C@H]21. The third-order valence-electron chi connectivity index (χ3n) is 8.67. The van der Waals surface area contributed by atoms with Gasteiger partial charge in [-0.05, 0) is 54.6 Å². The average molecular weight is 535 g/mol. The Morgan fingerprint density at radius 2 is 1.92 bits per heavy atom. The van der Waals surface area contributed by atoms with Crippen LogP contribution in [0.1, 0.15) is 53.4 Å². The Hall–Kier alpha value is -2.33. The maximum atomic E-state index is 12.7. The van der Waals surface area contributed by atoms with Crippen molar-refractivity contribution in [2.45, 2.75) is 71.6 Å². The Kier molecular flexibility index (Phi) is 9.73. The maximum Gasteiger partial charge on any atom is 0.305 e. The number of ketones is 1. The summed E-state index contributed by atoms with van der Waals surface area (Å²) >= 11 is 0. The number of allylic oxidation sites excluding steroid dienone is 1. The fraction of sp³-hybridized carbons (Fsp3) is 0.690. The van der Waals surface area contributed by atoms with Gasteiger partial charge in [-0.25, -0.2) is 0 Å². The largest absolute Gasteiger partial charge is 0.465 e. The van der Waals surface area contributed by atoms with Gasteiger partial charge < -0.3 is 28.8 Å². The molecule has 7 atom stereocenters. The molecule has 38 heavy (non-hydrogen) atoms. The van der Waals surface area contributed by atoms with E-state index in [9.17, 15) is 19.5 Å². The molecule has 0 aromatic rings. The van der Waals surface area contributed by atoms with E-state index in [2.05, 4.69) is 20.4 Å². The number of carbonyl (C=O) groups excluding carboxylic acids is 3. The summed E-state index contributed by atoms with van der Waals surface area (Å²) < 4.78 is 27.5. The zero-order chi connectivity index (χ0) is 28.3. The molecule has 2 aliphatic carbocycles. The molecule has 9 heteroatoms. The van der Waals surface area contributed by atoms with Crippen molar-refractivity contribution < 1.29 is 43.2 Å². The Morgan fingerprint density at radius 3 is 2.50 bits per heavy atom. The van der Waals surface area contributed by atoms with Crippen LogP contribution in [0.5, 0.6) is 0 Å². The highest BCUT2D eigenvalue weighted by Gasteiger charge is 2.60. The molecule has 0 aromatic heterocycles. The van der Waals surface area contributed by atoms with Gasteiger partial charge in [0.05, 0.1) is 12.2 Å². The first-order valence-corrected chi connectivity index (χ1v) is 13.2. The molecule has 1 aliphatic heterocycles. The van der Waals surface area contributed by atoms with Crippen LogP contribution in [-0.2, 0) is 38.1 Å². The van der Waals surface area contributed by atoms with Crippen LogP contribution in [-0.4, -0.2) is 68.4 Å². The van der Waals surface area contributed by atoms with Crippen molar-refractivity contribution in [1.29, 1.82) is 0 Å². The van der Waals surface area contributed by atoms with E-state index < -0.39 is 23.8 Å². The summed E-state index contributed by atoms with van der Waals surface area (Å²) in [6.45, 7) is 10.7. The van der Waals surface area contributed by atoms with Crippen LogP contribution < -0.4 is 0 Å². The molecule has 212 valence electrons. The molecule has 9 nitrogen and oxygen atoms in total. The lowest BCUT2D eigenvalue weighted by Crippen LogP contribution is -2.53. The summed E-state index contributed by atoms with van der Waals surface area (Å²) in [6.07, 6.45) is 5.94. The summed E-state index contributed by atoms with van der Waals surface area (Å²) in [7, 11) is 3.25. The van der Waals surface area contributed by atoms with Crippen LogP contribution in [0.25, 0.3) is 0 Å². The number of esters is 2. The zero-order valence-corrected chi connectivity index (χ0v) is 23.4. The number of ether oxygens (including phenoxy) is 5. The molecule has 0 saturated heterocycles. The van der Waals surface area contributed by atoms with Crippen molar-refractivity contribution in [2.24, 2.45) is 29.1 Å². The standard InChI is InChI=1S/C29H42O9/c1-8-20(15-36-18(3)30)14-29(33)24(22-13-21(32)16-37-27(22)38-19(4)31)11-12-28(5)23(9-10-25(28)29)17(2)26(34-6)35-7/h8,11,13,17,20,23,25-27,33H,1,9-10,12,14-16H2,2-7H3/t17-,20-,23+,25+,27?,28+,29-/m0/s1. The van der Waals surface area contributed by atoms with Gasteiger partial charge in [0.25, 0.3) is 0 Å². The van der Waals surface area contributed by atoms with E-state index in [0.29, 0.717) is 17.6 Å². The van der Waals surface area contributed by atoms with Gasteiger partial charge in [0.15, 0.2) is 12.1 Å². The monoisotopic (exact) mass is 534 g/mol. The number of carbonyl (C=O) groups is 3. The first-order valence-electron chi connectivity index (χ1n) is 13.2. The predicted octanol–water partition coefficient (Wildman–Crippen LogP) is 3.51. The fourth-order valence-corrected chi connectivity index (χ4v) is 7.05. The molecule has 3 aliphatic rings. The Morgan fingerprint density at radius 1 is 1.24 bits per heavy atom. The second-order valence-electron chi connectivity index (χ2n) is 11.0. The molecule has 0 spiro atoms. The number of aliphatic hydroxyl groups is 1. The van der Waals surface area contributed by atoms with Crippen molar-refractivity contribution in [3.8, 4) is 0 Å². The van der Waals surface area contributed by atoms with Crippen molar-refractivity contribution >= 4 is 17.7 Å². The summed E-state index contributed by atoms with van der Waals surface area (Å²) in [5.41, 5.74) is -0.907. The van der Waals surface area contributed by atoms with Gasteiger partial charge in [-0.15, -0.1) is 6.58 Å². The molecule has 0 aromatic carbocycles. The quantitative estimate of drug-likeness (QED) is 0.241. The normalized spacial score (nSPS) is 32.6. The van der Waals surface area contributed by atoms with Crippen molar-refractivity contribution in [3.63, 3.8) is 0 Å². The molecular weight excluding hydrogens is 492 g/mol. The summed E-state index contributed by atoms with van der Waals surface area (Å²) in [5.74, 6) is -1.59. The van der Waals surface area contributed by atoms with Gasteiger partial charge in [-0.2, -0.15) is 0 Å². The van der Waals surface area contributed by atoms with E-state index in [1.54, 1.807) is 20.3 Å². The molecule has 0 bridgehead atoms. The average Bonchev–Trinajstić information content (AvgIpc) is 3.22. The zero-order valence-electron chi connectivity index (χ0n) is 23.4. The van der Waals surface area contributed by atoms with Crippen LogP contribution in [0.4, 0.5) is 0 Å². The van der Waals surface area contributed by atoms with Crippen LogP contribution in [0, 0.1) is 29.1 Å². The van der Waals surface area contributed by atoms with Crippen molar-refractivity contribution in [3.05, 3.63) is 36.0 Å². The van der Waals surface area contributed by atoms with E-state index in [1.165, 1.54) is 19.9 Å². The Bertz CT molecular complexity index is 981. The molecule has 1 heterocycles. The lowest BCUT2D eigenvalue weighted by atomic mass is 9.55. The molecule has 0 amide bonds. The first-order chi connectivity index (χ1) is 17.9. The first kappa shape index (κ1) is 30.2. The van der Waals surface area contributed by atoms with E-state index in [4.69, 9.17) is 23.7 Å². The van der Waals surface area contributed by atoms with Gasteiger partial charge in [0, 0.05) is 45.5 Å². The number of hydrogen-bond donors (Lipinski definition) is 1. The highest BCUT2D eigenvalue weighted by molar-refractivity contribution is 5.93. The number of fused-ring (bicyclic) bond motifs is 1. The van der Waals surface area contributed by atoms with Gasteiger partial charge >= 0.3 is 11.9 Å². The van der Waals surface area contributed by atoms with Gasteiger partial charge in [0.1, 0.15) is 6.61 Å². The van der Waals surface area contributed by atoms with Crippen LogP contribution in [0.3, 0.4) is 0 Å². The lowest BCUT2D eigenvalue weighted by Gasteiger charge is -2.52. The molecule has 3 rings (SSSR count). The second-order valence-corrected chi connectivity index (χ2v) is 11.0. The fourth-order valence-electron chi connectivity index (χ4n) is 7.05. The highest BCUT2D eigenvalue weighted by Crippen LogP contribution is 2.63. The summed E-state index contributed by atoms with van der Waals surface area (Å²) in [4.78, 5) is 35.8. The topological polar surface area (TPSA) is 118 Å². The molecule has 0 radical (unpaired) electrons. The minimum Gasteiger partial charge on any atom is -0.465 e. The van der Waals surface area contributed by atoms with Crippen molar-refractivity contribution in [2.75, 3.05) is 27.4 Å². The summed E-state index contributed by atoms with van der Waals surface area (Å²) in [6, 6.07) is 0. The third-order valence-corrected chi connectivity index (χ3v) is 8.67. The molecule has 1 fully saturated rings. The Balaban J connectivity index is 2.10. The van der Waals surface area contributed by atoms with E-state index in [1.807, 2.05) is 6.08 Å². The minimum atomic E-state index is -1.44. The summed E-state index contributed by atoms with van der Waals surface area (Å²) in [5, 5.41) is 12.7. The van der Waals surface area contributed by atoms with E-state index >= 15 is 0 Å². The van der Waals surface area contributed by atoms with Crippen molar-refractivity contribution in [1.82, 2.24) is 0 Å². The highest BCUT2D eigenvalue weighted by atomic mass is 16.7. The van der Waals surface area contributed by atoms with E-state index in [-0.39, 0.29) is 60.8 Å². The second kappa shape index (κ2) is 12.2. The molecule has 1 saturated carbocycles. The lowest BCUT2D eigenvalue weighted by molar-refractivity contribution is -0.173. The smallest absolute Gasteiger partial charge is 0.305 e. The van der Waals surface area contributed by atoms with Gasteiger partial charge in [-0.3, -0.25) is 14.4 Å². The molecule has 1 unspecified atom stereocenters. The van der Waals surface area contributed by atoms with Crippen LogP contribution in [0.15, 0.2) is 36.0 Å². The van der Waals surface area contributed by atoms with Gasteiger partial charge in [-0.1, -0.05) is 26.0 Å². The van der Waals surface area contributed by atoms with Gasteiger partial charge in [0.2, 0.25) is 6.29 Å². The third kappa shape index (κ3) is 5.96. The number of rotatable bonds is 11. The molecule has 1 N–H and O–H groups in total. The van der Waals surface area contributed by atoms with E-state index in [0.717, 1.165) is 12.8 Å². The maximum absolute atomic E-state index is 12.7. The molecular formula is C29H42O9. The predicted molar refractivity (Wildman–Crippen MR) is 138 cm³/mol. The number of hydrogen-bond acceptors (Lipinski definition) is 9.